The molecule has 1 aliphatic rings. The molecule has 1 saturated heterocycles. The van der Waals surface area contributed by atoms with Gasteiger partial charge >= 0.3 is 0 Å². The van der Waals surface area contributed by atoms with Crippen molar-refractivity contribution < 1.29 is 9.59 Å². The lowest BCUT2D eigenvalue weighted by atomic mass is 10.0. The standard InChI is InChI=1S/C20H21ClN2O2/c1-2-18(14-8-10-16(21)11-9-14)22-20(25)15-5-3-6-17(13-15)23-12-4-7-19(23)24/h3,5-6,8-11,13,18H,2,4,7,12H2,1H3,(H,22,25). The number of carbonyl (C=O) groups is 2. The Bertz CT molecular complexity index is 774. The summed E-state index contributed by atoms with van der Waals surface area (Å²) in [5, 5.41) is 3.74. The summed E-state index contributed by atoms with van der Waals surface area (Å²) < 4.78 is 0. The zero-order valence-corrected chi connectivity index (χ0v) is 14.9. The van der Waals surface area contributed by atoms with Crippen molar-refractivity contribution in [2.24, 2.45) is 0 Å². The van der Waals surface area contributed by atoms with Crippen LogP contribution in [0.25, 0.3) is 0 Å². The summed E-state index contributed by atoms with van der Waals surface area (Å²) in [6.07, 6.45) is 2.21. The number of benzene rings is 2. The van der Waals surface area contributed by atoms with Crippen LogP contribution in [-0.2, 0) is 4.79 Å². The van der Waals surface area contributed by atoms with E-state index in [4.69, 9.17) is 11.6 Å². The van der Waals surface area contributed by atoms with Crippen molar-refractivity contribution in [2.75, 3.05) is 11.4 Å². The third-order valence-corrected chi connectivity index (χ3v) is 4.73. The fraction of sp³-hybridized carbons (Fsp3) is 0.300. The average molecular weight is 357 g/mol. The monoisotopic (exact) mass is 356 g/mol. The number of hydrogen-bond donors (Lipinski definition) is 1. The van der Waals surface area contributed by atoms with E-state index in [2.05, 4.69) is 5.32 Å². The number of halogens is 1. The van der Waals surface area contributed by atoms with Crippen molar-refractivity contribution in [3.05, 3.63) is 64.7 Å². The summed E-state index contributed by atoms with van der Waals surface area (Å²) in [5.41, 5.74) is 2.37. The van der Waals surface area contributed by atoms with Crippen molar-refractivity contribution in [1.82, 2.24) is 5.32 Å². The molecular formula is C20H21ClN2O2. The first-order chi connectivity index (χ1) is 12.1. The van der Waals surface area contributed by atoms with Crippen molar-refractivity contribution in [3.8, 4) is 0 Å². The quantitative estimate of drug-likeness (QED) is 0.865. The summed E-state index contributed by atoms with van der Waals surface area (Å²) in [4.78, 5) is 26.3. The van der Waals surface area contributed by atoms with Crippen LogP contribution in [0.15, 0.2) is 48.5 Å². The molecule has 3 rings (SSSR count). The Morgan fingerprint density at radius 2 is 2.00 bits per heavy atom. The minimum atomic E-state index is -0.143. The van der Waals surface area contributed by atoms with Gasteiger partial charge in [-0.1, -0.05) is 36.7 Å². The summed E-state index contributed by atoms with van der Waals surface area (Å²) in [6.45, 7) is 2.74. The van der Waals surface area contributed by atoms with E-state index in [1.54, 1.807) is 17.0 Å². The van der Waals surface area contributed by atoms with Gasteiger partial charge in [-0.2, -0.15) is 0 Å². The fourth-order valence-electron chi connectivity index (χ4n) is 3.09. The normalized spacial score (nSPS) is 15.3. The van der Waals surface area contributed by atoms with Crippen LogP contribution in [0, 0.1) is 0 Å². The molecule has 1 aliphatic heterocycles. The number of nitrogens with zero attached hydrogens (tertiary/aromatic N) is 1. The molecule has 1 N–H and O–H groups in total. The molecule has 0 aromatic heterocycles. The molecule has 2 aromatic rings. The minimum Gasteiger partial charge on any atom is -0.345 e. The highest BCUT2D eigenvalue weighted by molar-refractivity contribution is 6.30. The topological polar surface area (TPSA) is 49.4 Å². The van der Waals surface area contributed by atoms with E-state index in [-0.39, 0.29) is 17.9 Å². The van der Waals surface area contributed by atoms with E-state index in [0.29, 0.717) is 23.6 Å². The first-order valence-electron chi connectivity index (χ1n) is 8.55. The van der Waals surface area contributed by atoms with Crippen molar-refractivity contribution in [2.45, 2.75) is 32.2 Å². The highest BCUT2D eigenvalue weighted by atomic mass is 35.5. The molecule has 0 bridgehead atoms. The van der Waals surface area contributed by atoms with Crippen LogP contribution in [-0.4, -0.2) is 18.4 Å². The molecule has 2 aromatic carbocycles. The zero-order valence-electron chi connectivity index (χ0n) is 14.2. The number of rotatable bonds is 5. The molecule has 0 radical (unpaired) electrons. The van der Waals surface area contributed by atoms with Gasteiger partial charge in [-0.3, -0.25) is 9.59 Å². The SMILES string of the molecule is CCC(NC(=O)c1cccc(N2CCCC2=O)c1)c1ccc(Cl)cc1. The maximum Gasteiger partial charge on any atom is 0.251 e. The number of carbonyl (C=O) groups excluding carboxylic acids is 2. The van der Waals surface area contributed by atoms with E-state index in [0.717, 1.165) is 24.1 Å². The van der Waals surface area contributed by atoms with Gasteiger partial charge in [0.25, 0.3) is 5.91 Å². The third kappa shape index (κ3) is 4.02. The Morgan fingerprint density at radius 3 is 2.64 bits per heavy atom. The van der Waals surface area contributed by atoms with Gasteiger partial charge in [-0.25, -0.2) is 0 Å². The molecule has 4 nitrogen and oxygen atoms in total. The minimum absolute atomic E-state index is 0.0816. The highest BCUT2D eigenvalue weighted by Crippen LogP contribution is 2.23. The van der Waals surface area contributed by atoms with Gasteiger partial charge in [-0.15, -0.1) is 0 Å². The van der Waals surface area contributed by atoms with Crippen LogP contribution < -0.4 is 10.2 Å². The number of nitrogens with one attached hydrogen (secondary N) is 1. The molecule has 2 amide bonds. The second-order valence-electron chi connectivity index (χ2n) is 6.19. The Balaban J connectivity index is 1.76. The van der Waals surface area contributed by atoms with Gasteiger partial charge in [0.05, 0.1) is 6.04 Å². The maximum atomic E-state index is 12.7. The summed E-state index contributed by atoms with van der Waals surface area (Å²) >= 11 is 5.93. The number of anilines is 1. The molecular weight excluding hydrogens is 336 g/mol. The maximum absolute atomic E-state index is 12.7. The van der Waals surface area contributed by atoms with E-state index in [1.807, 2.05) is 43.3 Å². The molecule has 1 heterocycles. The molecule has 1 atom stereocenters. The smallest absolute Gasteiger partial charge is 0.251 e. The van der Waals surface area contributed by atoms with Gasteiger partial charge in [0, 0.05) is 29.2 Å². The molecule has 5 heteroatoms. The fourth-order valence-corrected chi connectivity index (χ4v) is 3.22. The zero-order chi connectivity index (χ0) is 17.8. The summed E-state index contributed by atoms with van der Waals surface area (Å²) in [6, 6.07) is 14.7. The van der Waals surface area contributed by atoms with Gasteiger partial charge in [0.1, 0.15) is 0 Å². The summed E-state index contributed by atoms with van der Waals surface area (Å²) in [7, 11) is 0. The molecule has 25 heavy (non-hydrogen) atoms. The molecule has 1 fully saturated rings. The Labute approximate surface area is 152 Å². The lowest BCUT2D eigenvalue weighted by Crippen LogP contribution is -2.29. The van der Waals surface area contributed by atoms with Gasteiger partial charge < -0.3 is 10.2 Å². The largest absolute Gasteiger partial charge is 0.345 e. The first kappa shape index (κ1) is 17.5. The van der Waals surface area contributed by atoms with Crippen LogP contribution in [0.2, 0.25) is 5.02 Å². The van der Waals surface area contributed by atoms with E-state index < -0.39 is 0 Å². The van der Waals surface area contributed by atoms with Gasteiger partial charge in [0.15, 0.2) is 0 Å². The van der Waals surface area contributed by atoms with Crippen LogP contribution in [0.5, 0.6) is 0 Å². The van der Waals surface area contributed by atoms with Gasteiger partial charge in [0.2, 0.25) is 5.91 Å². The van der Waals surface area contributed by atoms with Gasteiger partial charge in [-0.05, 0) is 48.7 Å². The number of amides is 2. The molecule has 0 aliphatic carbocycles. The van der Waals surface area contributed by atoms with Crippen LogP contribution in [0.3, 0.4) is 0 Å². The van der Waals surface area contributed by atoms with Crippen molar-refractivity contribution >= 4 is 29.1 Å². The van der Waals surface area contributed by atoms with E-state index in [1.165, 1.54) is 0 Å². The second-order valence-corrected chi connectivity index (χ2v) is 6.62. The average Bonchev–Trinajstić information content (AvgIpc) is 3.06. The number of hydrogen-bond acceptors (Lipinski definition) is 2. The van der Waals surface area contributed by atoms with Crippen LogP contribution >= 0.6 is 11.6 Å². The van der Waals surface area contributed by atoms with E-state index >= 15 is 0 Å². The Kier molecular flexibility index (Phi) is 5.39. The first-order valence-corrected chi connectivity index (χ1v) is 8.93. The lowest BCUT2D eigenvalue weighted by Gasteiger charge is -2.19. The molecule has 1 unspecified atom stereocenters. The second kappa shape index (κ2) is 7.70. The highest BCUT2D eigenvalue weighted by Gasteiger charge is 2.22. The summed E-state index contributed by atoms with van der Waals surface area (Å²) in [5.74, 6) is -0.0274. The molecule has 0 saturated carbocycles. The lowest BCUT2D eigenvalue weighted by molar-refractivity contribution is -0.117. The van der Waals surface area contributed by atoms with Crippen LogP contribution in [0.4, 0.5) is 5.69 Å². The predicted octanol–water partition coefficient (Wildman–Crippen LogP) is 4.35. The third-order valence-electron chi connectivity index (χ3n) is 4.48. The Morgan fingerprint density at radius 1 is 1.24 bits per heavy atom. The van der Waals surface area contributed by atoms with Crippen molar-refractivity contribution in [1.29, 1.82) is 0 Å². The van der Waals surface area contributed by atoms with E-state index in [9.17, 15) is 9.59 Å². The molecule has 0 spiro atoms. The molecule has 130 valence electrons. The van der Waals surface area contributed by atoms with Crippen LogP contribution in [0.1, 0.15) is 48.1 Å². The Hall–Kier alpha value is -2.33. The van der Waals surface area contributed by atoms with Crippen molar-refractivity contribution in [3.63, 3.8) is 0 Å². The predicted molar refractivity (Wildman–Crippen MR) is 100.0 cm³/mol.